The van der Waals surface area contributed by atoms with Gasteiger partial charge in [0.15, 0.2) is 0 Å². The lowest BCUT2D eigenvalue weighted by atomic mass is 9.48. The van der Waals surface area contributed by atoms with Crippen molar-refractivity contribution in [2.24, 2.45) is 28.6 Å². The molecule has 4 aliphatic rings. The van der Waals surface area contributed by atoms with E-state index in [9.17, 15) is 19.2 Å². The fourth-order valence-electron chi connectivity index (χ4n) is 8.10. The quantitative estimate of drug-likeness (QED) is 0.221. The first-order valence-electron chi connectivity index (χ1n) is 15.6. The summed E-state index contributed by atoms with van der Waals surface area (Å²) in [4.78, 5) is 51.0. The van der Waals surface area contributed by atoms with Gasteiger partial charge in [0, 0.05) is 24.7 Å². The molecule has 0 aromatic heterocycles. The number of hydrogen-bond acceptors (Lipinski definition) is 7. The second kappa shape index (κ2) is 11.4. The maximum Gasteiger partial charge on any atom is 0.408 e. The predicted octanol–water partition coefficient (Wildman–Crippen LogP) is 6.45. The van der Waals surface area contributed by atoms with Crippen LogP contribution >= 0.6 is 0 Å². The summed E-state index contributed by atoms with van der Waals surface area (Å²) in [6, 6.07) is -1.02. The SMILES string of the molecule is CC(C)(C)OC(=O)CCC(NC(=O)OC(C)(C)C)C(=O)O[C@H]1CC[C@@]2(C)C(=CCC3C2CC[C@]2(C)C(=O)CCC32)C1. The maximum absolute atomic E-state index is 13.4. The van der Waals surface area contributed by atoms with Crippen molar-refractivity contribution >= 4 is 23.8 Å². The topological polar surface area (TPSA) is 108 Å². The van der Waals surface area contributed by atoms with Gasteiger partial charge in [0.1, 0.15) is 29.1 Å². The van der Waals surface area contributed by atoms with E-state index in [2.05, 4.69) is 25.2 Å². The number of nitrogens with one attached hydrogen (secondary N) is 1. The van der Waals surface area contributed by atoms with E-state index in [0.717, 1.165) is 44.9 Å². The lowest BCUT2D eigenvalue weighted by Gasteiger charge is -2.56. The zero-order valence-corrected chi connectivity index (χ0v) is 26.4. The third kappa shape index (κ3) is 6.99. The zero-order chi connectivity index (χ0) is 30.4. The Kier molecular flexibility index (Phi) is 8.75. The zero-order valence-electron chi connectivity index (χ0n) is 26.4. The van der Waals surface area contributed by atoms with Gasteiger partial charge in [-0.15, -0.1) is 0 Å². The molecule has 0 aromatic rings. The molecule has 3 saturated carbocycles. The van der Waals surface area contributed by atoms with Crippen molar-refractivity contribution < 1.29 is 33.4 Å². The fourth-order valence-corrected chi connectivity index (χ4v) is 8.10. The number of fused-ring (bicyclic) bond motifs is 5. The molecule has 4 aliphatic carbocycles. The molecule has 230 valence electrons. The predicted molar refractivity (Wildman–Crippen MR) is 155 cm³/mol. The Morgan fingerprint density at radius 3 is 2.24 bits per heavy atom. The first kappa shape index (κ1) is 31.6. The van der Waals surface area contributed by atoms with E-state index in [4.69, 9.17) is 14.2 Å². The summed E-state index contributed by atoms with van der Waals surface area (Å²) in [5.41, 5.74) is -0.0988. The Morgan fingerprint density at radius 2 is 1.59 bits per heavy atom. The van der Waals surface area contributed by atoms with Gasteiger partial charge in [0.05, 0.1) is 0 Å². The number of carbonyl (C=O) groups is 4. The van der Waals surface area contributed by atoms with Crippen LogP contribution in [-0.2, 0) is 28.6 Å². The molecule has 0 saturated heterocycles. The highest BCUT2D eigenvalue weighted by molar-refractivity contribution is 5.87. The molecule has 0 radical (unpaired) electrons. The van der Waals surface area contributed by atoms with Gasteiger partial charge in [0.25, 0.3) is 0 Å². The number of allylic oxidation sites excluding steroid dienone is 1. The Labute approximate surface area is 245 Å². The molecule has 4 rings (SSSR count). The van der Waals surface area contributed by atoms with E-state index in [1.165, 1.54) is 5.57 Å². The summed E-state index contributed by atoms with van der Waals surface area (Å²) in [5.74, 6) is 1.03. The van der Waals surface area contributed by atoms with E-state index in [-0.39, 0.29) is 29.8 Å². The summed E-state index contributed by atoms with van der Waals surface area (Å²) < 4.78 is 16.8. The number of alkyl carbamates (subject to hydrolysis) is 1. The molecule has 3 fully saturated rings. The summed E-state index contributed by atoms with van der Waals surface area (Å²) in [7, 11) is 0. The number of carbonyl (C=O) groups excluding carboxylic acids is 4. The minimum Gasteiger partial charge on any atom is -0.461 e. The average Bonchev–Trinajstić information content (AvgIpc) is 3.14. The molecule has 7 atom stereocenters. The van der Waals surface area contributed by atoms with Crippen molar-refractivity contribution in [1.29, 1.82) is 0 Å². The van der Waals surface area contributed by atoms with Crippen LogP contribution in [0.2, 0.25) is 0 Å². The van der Waals surface area contributed by atoms with Crippen molar-refractivity contribution in [3.05, 3.63) is 11.6 Å². The second-order valence-corrected chi connectivity index (χ2v) is 15.3. The lowest BCUT2D eigenvalue weighted by Crippen LogP contribution is -2.51. The smallest absolute Gasteiger partial charge is 0.408 e. The molecular weight excluding hydrogens is 522 g/mol. The monoisotopic (exact) mass is 573 g/mol. The van der Waals surface area contributed by atoms with Gasteiger partial charge in [0.2, 0.25) is 0 Å². The Morgan fingerprint density at radius 1 is 0.951 bits per heavy atom. The van der Waals surface area contributed by atoms with Gasteiger partial charge in [-0.05, 0) is 110 Å². The number of Topliss-reactive ketones (excluding diaryl/α,β-unsaturated/α-hetero) is 1. The van der Waals surface area contributed by atoms with E-state index in [1.807, 2.05) is 0 Å². The minimum absolute atomic E-state index is 0.0353. The second-order valence-electron chi connectivity index (χ2n) is 15.3. The minimum atomic E-state index is -1.02. The molecule has 4 unspecified atom stereocenters. The van der Waals surface area contributed by atoms with Crippen molar-refractivity contribution in [3.63, 3.8) is 0 Å². The van der Waals surface area contributed by atoms with Crippen LogP contribution in [0, 0.1) is 28.6 Å². The van der Waals surface area contributed by atoms with Crippen LogP contribution < -0.4 is 5.32 Å². The average molecular weight is 574 g/mol. The molecule has 41 heavy (non-hydrogen) atoms. The van der Waals surface area contributed by atoms with Crippen LogP contribution in [0.4, 0.5) is 4.79 Å². The van der Waals surface area contributed by atoms with Gasteiger partial charge in [-0.25, -0.2) is 9.59 Å². The highest BCUT2D eigenvalue weighted by Crippen LogP contribution is 2.64. The van der Waals surface area contributed by atoms with E-state index < -0.39 is 35.3 Å². The van der Waals surface area contributed by atoms with Gasteiger partial charge in [-0.2, -0.15) is 0 Å². The molecule has 8 nitrogen and oxygen atoms in total. The Hall–Kier alpha value is -2.38. The van der Waals surface area contributed by atoms with Crippen LogP contribution in [0.1, 0.15) is 120 Å². The number of rotatable bonds is 6. The lowest BCUT2D eigenvalue weighted by molar-refractivity contribution is -0.156. The third-order valence-corrected chi connectivity index (χ3v) is 10.1. The highest BCUT2D eigenvalue weighted by Gasteiger charge is 2.58. The molecule has 0 heterocycles. The van der Waals surface area contributed by atoms with Crippen molar-refractivity contribution in [2.75, 3.05) is 0 Å². The molecule has 0 aliphatic heterocycles. The van der Waals surface area contributed by atoms with Crippen LogP contribution in [0.3, 0.4) is 0 Å². The van der Waals surface area contributed by atoms with Crippen LogP contribution in [0.5, 0.6) is 0 Å². The van der Waals surface area contributed by atoms with Gasteiger partial charge in [-0.3, -0.25) is 9.59 Å². The third-order valence-electron chi connectivity index (χ3n) is 10.1. The van der Waals surface area contributed by atoms with Gasteiger partial charge >= 0.3 is 18.0 Å². The maximum atomic E-state index is 13.4. The van der Waals surface area contributed by atoms with E-state index in [1.54, 1.807) is 41.5 Å². The summed E-state index contributed by atoms with van der Waals surface area (Å²) in [6.45, 7) is 15.2. The van der Waals surface area contributed by atoms with Crippen LogP contribution in [0.15, 0.2) is 11.6 Å². The Bertz CT molecular complexity index is 1080. The molecule has 1 amide bonds. The number of ketones is 1. The standard InChI is InChI=1S/C33H51NO7/c1-30(2,3)40-27(36)14-12-25(34-29(38)41-31(4,5)6)28(37)39-21-15-17-32(7)20(19-21)9-10-22-23-11-13-26(35)33(23,8)18-16-24(22)32/h9,21-25H,10-19H2,1-8H3,(H,34,38)/t21-,22?,23?,24?,25?,32-,33-/m0/s1. The fraction of sp³-hybridized carbons (Fsp3) is 0.818. The van der Waals surface area contributed by atoms with E-state index >= 15 is 0 Å². The number of ether oxygens (including phenoxy) is 3. The molecule has 0 aromatic carbocycles. The molecule has 0 bridgehead atoms. The summed E-state index contributed by atoms with van der Waals surface area (Å²) in [5, 5.41) is 2.62. The largest absolute Gasteiger partial charge is 0.461 e. The van der Waals surface area contributed by atoms with Crippen molar-refractivity contribution in [2.45, 2.75) is 143 Å². The van der Waals surface area contributed by atoms with Crippen molar-refractivity contribution in [1.82, 2.24) is 5.32 Å². The van der Waals surface area contributed by atoms with E-state index in [0.29, 0.717) is 30.0 Å². The molecule has 1 N–H and O–H groups in total. The van der Waals surface area contributed by atoms with Crippen molar-refractivity contribution in [3.8, 4) is 0 Å². The van der Waals surface area contributed by atoms with Gasteiger partial charge < -0.3 is 19.5 Å². The van der Waals surface area contributed by atoms with Gasteiger partial charge in [-0.1, -0.05) is 25.5 Å². The first-order chi connectivity index (χ1) is 18.9. The number of amides is 1. The summed E-state index contributed by atoms with van der Waals surface area (Å²) in [6.07, 6.45) is 8.52. The summed E-state index contributed by atoms with van der Waals surface area (Å²) >= 11 is 0. The first-order valence-corrected chi connectivity index (χ1v) is 15.6. The molecule has 8 heteroatoms. The number of hydrogen-bond donors (Lipinski definition) is 1. The Balaban J connectivity index is 1.41. The number of esters is 2. The molecule has 0 spiro atoms. The van der Waals surface area contributed by atoms with Crippen LogP contribution in [0.25, 0.3) is 0 Å². The normalized spacial score (nSPS) is 33.9. The highest BCUT2D eigenvalue weighted by atomic mass is 16.6. The molecular formula is C33H51NO7. The van der Waals surface area contributed by atoms with Crippen LogP contribution in [-0.4, -0.2) is 47.2 Å².